The standard InChI is InChI=1S/C19H26ClN3O2/c1-13(14-6-9-21-10-7-14)12-18(24)22-17-8-11-23(19(17)25)16-4-2-15(20)3-5-16/h2-5,13-14,17,21H,6-12H2,1H3,(H,22,24). The maximum absolute atomic E-state index is 12.6. The van der Waals surface area contributed by atoms with Gasteiger partial charge >= 0.3 is 0 Å². The van der Waals surface area contributed by atoms with Gasteiger partial charge in [0, 0.05) is 23.7 Å². The zero-order valence-electron chi connectivity index (χ0n) is 14.6. The molecule has 6 heteroatoms. The fourth-order valence-corrected chi connectivity index (χ4v) is 3.94. The highest BCUT2D eigenvalue weighted by Gasteiger charge is 2.34. The Labute approximate surface area is 154 Å². The first-order valence-corrected chi connectivity index (χ1v) is 9.49. The van der Waals surface area contributed by atoms with E-state index >= 15 is 0 Å². The summed E-state index contributed by atoms with van der Waals surface area (Å²) in [4.78, 5) is 26.7. The van der Waals surface area contributed by atoms with Crippen LogP contribution in [-0.2, 0) is 9.59 Å². The number of rotatable bonds is 5. The molecule has 2 heterocycles. The van der Waals surface area contributed by atoms with Gasteiger partial charge in [-0.3, -0.25) is 9.59 Å². The molecule has 2 fully saturated rings. The van der Waals surface area contributed by atoms with E-state index < -0.39 is 6.04 Å². The maximum Gasteiger partial charge on any atom is 0.249 e. The van der Waals surface area contributed by atoms with Gasteiger partial charge in [-0.1, -0.05) is 18.5 Å². The highest BCUT2D eigenvalue weighted by molar-refractivity contribution is 6.30. The number of carbonyl (C=O) groups is 2. The first-order valence-electron chi connectivity index (χ1n) is 9.11. The van der Waals surface area contributed by atoms with Crippen LogP contribution in [0.2, 0.25) is 5.02 Å². The lowest BCUT2D eigenvalue weighted by molar-refractivity contribution is -0.127. The molecule has 3 rings (SSSR count). The number of piperidine rings is 1. The summed E-state index contributed by atoms with van der Waals surface area (Å²) in [7, 11) is 0. The molecule has 0 spiro atoms. The van der Waals surface area contributed by atoms with Gasteiger partial charge in [0.25, 0.3) is 0 Å². The van der Waals surface area contributed by atoms with Crippen LogP contribution in [0.15, 0.2) is 24.3 Å². The summed E-state index contributed by atoms with van der Waals surface area (Å²) in [6, 6.07) is 6.81. The summed E-state index contributed by atoms with van der Waals surface area (Å²) in [5, 5.41) is 6.94. The second-order valence-corrected chi connectivity index (χ2v) is 7.58. The zero-order valence-corrected chi connectivity index (χ0v) is 15.4. The zero-order chi connectivity index (χ0) is 17.8. The molecule has 2 amide bonds. The van der Waals surface area contributed by atoms with Crippen LogP contribution in [-0.4, -0.2) is 37.5 Å². The molecule has 2 N–H and O–H groups in total. The second kappa shape index (κ2) is 8.19. The summed E-state index contributed by atoms with van der Waals surface area (Å²) >= 11 is 5.90. The van der Waals surface area contributed by atoms with Crippen LogP contribution in [0.4, 0.5) is 5.69 Å². The monoisotopic (exact) mass is 363 g/mol. The first-order chi connectivity index (χ1) is 12.0. The molecule has 0 bridgehead atoms. The lowest BCUT2D eigenvalue weighted by Crippen LogP contribution is -2.42. The summed E-state index contributed by atoms with van der Waals surface area (Å²) in [6.07, 6.45) is 3.40. The third-order valence-corrected chi connectivity index (χ3v) is 5.63. The van der Waals surface area contributed by atoms with Gasteiger partial charge in [0.1, 0.15) is 6.04 Å². The first kappa shape index (κ1) is 18.2. The predicted octanol–water partition coefficient (Wildman–Crippen LogP) is 2.59. The smallest absolute Gasteiger partial charge is 0.249 e. The van der Waals surface area contributed by atoms with Crippen LogP contribution in [0.1, 0.15) is 32.6 Å². The molecule has 2 aliphatic rings. The Kier molecular flexibility index (Phi) is 5.97. The van der Waals surface area contributed by atoms with Gasteiger partial charge in [0.2, 0.25) is 11.8 Å². The number of benzene rings is 1. The van der Waals surface area contributed by atoms with E-state index in [0.717, 1.165) is 31.6 Å². The molecule has 5 nitrogen and oxygen atoms in total. The third kappa shape index (κ3) is 4.53. The van der Waals surface area contributed by atoms with Gasteiger partial charge in [-0.25, -0.2) is 0 Å². The highest BCUT2D eigenvalue weighted by Crippen LogP contribution is 2.26. The average molecular weight is 364 g/mol. The number of nitrogens with one attached hydrogen (secondary N) is 2. The molecule has 0 aromatic heterocycles. The minimum atomic E-state index is -0.414. The van der Waals surface area contributed by atoms with Crippen molar-refractivity contribution in [1.82, 2.24) is 10.6 Å². The largest absolute Gasteiger partial charge is 0.344 e. The molecule has 136 valence electrons. The van der Waals surface area contributed by atoms with Crippen LogP contribution in [0.25, 0.3) is 0 Å². The van der Waals surface area contributed by atoms with E-state index in [1.807, 2.05) is 12.1 Å². The Morgan fingerprint density at radius 2 is 1.96 bits per heavy atom. The summed E-state index contributed by atoms with van der Waals surface area (Å²) < 4.78 is 0. The van der Waals surface area contributed by atoms with E-state index in [0.29, 0.717) is 36.2 Å². The third-order valence-electron chi connectivity index (χ3n) is 5.37. The number of halogens is 1. The van der Waals surface area contributed by atoms with Crippen molar-refractivity contribution in [2.75, 3.05) is 24.5 Å². The van der Waals surface area contributed by atoms with E-state index in [2.05, 4.69) is 17.6 Å². The minimum absolute atomic E-state index is 0.0117. The average Bonchev–Trinajstić information content (AvgIpc) is 2.97. The number of hydrogen-bond acceptors (Lipinski definition) is 3. The Morgan fingerprint density at radius 1 is 1.28 bits per heavy atom. The molecule has 1 aromatic rings. The second-order valence-electron chi connectivity index (χ2n) is 7.14. The van der Waals surface area contributed by atoms with E-state index in [1.54, 1.807) is 17.0 Å². The van der Waals surface area contributed by atoms with Crippen molar-refractivity contribution in [2.45, 2.75) is 38.6 Å². The molecule has 2 saturated heterocycles. The summed E-state index contributed by atoms with van der Waals surface area (Å²) in [6.45, 7) is 4.84. The summed E-state index contributed by atoms with van der Waals surface area (Å²) in [5.41, 5.74) is 0.828. The van der Waals surface area contributed by atoms with Gasteiger partial charge in [-0.2, -0.15) is 0 Å². The van der Waals surface area contributed by atoms with Crippen molar-refractivity contribution < 1.29 is 9.59 Å². The number of amides is 2. The number of hydrogen-bond donors (Lipinski definition) is 2. The van der Waals surface area contributed by atoms with Gasteiger partial charge < -0.3 is 15.5 Å². The van der Waals surface area contributed by atoms with Crippen molar-refractivity contribution >= 4 is 29.1 Å². The van der Waals surface area contributed by atoms with E-state index in [1.165, 1.54) is 0 Å². The minimum Gasteiger partial charge on any atom is -0.344 e. The van der Waals surface area contributed by atoms with E-state index in [4.69, 9.17) is 11.6 Å². The molecule has 25 heavy (non-hydrogen) atoms. The van der Waals surface area contributed by atoms with Crippen LogP contribution in [0, 0.1) is 11.8 Å². The fraction of sp³-hybridized carbons (Fsp3) is 0.579. The predicted molar refractivity (Wildman–Crippen MR) is 99.7 cm³/mol. The molecule has 1 aromatic carbocycles. The Balaban J connectivity index is 1.51. The molecular weight excluding hydrogens is 338 g/mol. The van der Waals surface area contributed by atoms with Gasteiger partial charge in [0.15, 0.2) is 0 Å². The lowest BCUT2D eigenvalue weighted by Gasteiger charge is -2.28. The Hall–Kier alpha value is -1.59. The molecular formula is C19H26ClN3O2. The number of nitrogens with zero attached hydrogens (tertiary/aromatic N) is 1. The molecule has 0 radical (unpaired) electrons. The summed E-state index contributed by atoms with van der Waals surface area (Å²) in [5.74, 6) is 0.898. The number of carbonyl (C=O) groups excluding carboxylic acids is 2. The molecule has 2 unspecified atom stereocenters. The Bertz CT molecular complexity index is 614. The molecule has 2 atom stereocenters. The van der Waals surface area contributed by atoms with E-state index in [9.17, 15) is 9.59 Å². The van der Waals surface area contributed by atoms with Crippen LogP contribution < -0.4 is 15.5 Å². The van der Waals surface area contributed by atoms with Gasteiger partial charge in [-0.05, 0) is 68.5 Å². The Morgan fingerprint density at radius 3 is 2.64 bits per heavy atom. The van der Waals surface area contributed by atoms with Crippen molar-refractivity contribution in [2.24, 2.45) is 11.8 Å². The van der Waals surface area contributed by atoms with Crippen LogP contribution in [0.3, 0.4) is 0 Å². The normalized spacial score (nSPS) is 22.9. The van der Waals surface area contributed by atoms with Crippen molar-refractivity contribution in [3.63, 3.8) is 0 Å². The van der Waals surface area contributed by atoms with Crippen LogP contribution in [0.5, 0.6) is 0 Å². The van der Waals surface area contributed by atoms with E-state index in [-0.39, 0.29) is 11.8 Å². The van der Waals surface area contributed by atoms with Gasteiger partial charge in [-0.15, -0.1) is 0 Å². The topological polar surface area (TPSA) is 61.4 Å². The van der Waals surface area contributed by atoms with Crippen molar-refractivity contribution in [1.29, 1.82) is 0 Å². The highest BCUT2D eigenvalue weighted by atomic mass is 35.5. The fourth-order valence-electron chi connectivity index (χ4n) is 3.82. The SMILES string of the molecule is CC(CC(=O)NC1CCN(c2ccc(Cl)cc2)C1=O)C1CCNCC1. The quantitative estimate of drug-likeness (QED) is 0.845. The lowest BCUT2D eigenvalue weighted by atomic mass is 9.84. The van der Waals surface area contributed by atoms with Gasteiger partial charge in [0.05, 0.1) is 0 Å². The maximum atomic E-state index is 12.6. The molecule has 2 aliphatic heterocycles. The van der Waals surface area contributed by atoms with Crippen molar-refractivity contribution in [3.05, 3.63) is 29.3 Å². The van der Waals surface area contributed by atoms with Crippen molar-refractivity contribution in [3.8, 4) is 0 Å². The molecule has 0 aliphatic carbocycles. The van der Waals surface area contributed by atoms with Crippen LogP contribution >= 0.6 is 11.6 Å². The molecule has 0 saturated carbocycles. The number of anilines is 1.